The molecule has 2 aromatic rings. The first-order chi connectivity index (χ1) is 14.0. The molecular formula is C22H22F2N2O3. The van der Waals surface area contributed by atoms with Gasteiger partial charge in [-0.1, -0.05) is 42.5 Å². The van der Waals surface area contributed by atoms with Crippen LogP contribution < -0.4 is 4.74 Å². The molecule has 3 atom stereocenters. The molecule has 0 N–H and O–H groups in total. The number of benzene rings is 2. The topological polar surface area (TPSA) is 49.9 Å². The van der Waals surface area contributed by atoms with Crippen molar-refractivity contribution in [3.8, 4) is 5.75 Å². The van der Waals surface area contributed by atoms with Crippen molar-refractivity contribution >= 4 is 11.8 Å². The summed E-state index contributed by atoms with van der Waals surface area (Å²) in [5.41, 5.74) is 1.18. The van der Waals surface area contributed by atoms with E-state index in [0.717, 1.165) is 5.56 Å². The second-order valence-corrected chi connectivity index (χ2v) is 7.54. The van der Waals surface area contributed by atoms with Crippen LogP contribution in [0, 0.1) is 11.8 Å². The Morgan fingerprint density at radius 1 is 1.00 bits per heavy atom. The molecule has 2 fully saturated rings. The number of ether oxygens (including phenoxy) is 1. The molecule has 2 amide bonds. The third-order valence-corrected chi connectivity index (χ3v) is 5.83. The van der Waals surface area contributed by atoms with Gasteiger partial charge in [-0.25, -0.2) is 0 Å². The molecule has 0 aliphatic carbocycles. The van der Waals surface area contributed by atoms with Crippen molar-refractivity contribution in [2.45, 2.75) is 19.6 Å². The van der Waals surface area contributed by atoms with Crippen molar-refractivity contribution in [2.24, 2.45) is 11.8 Å². The minimum atomic E-state index is -2.99. The lowest BCUT2D eigenvalue weighted by Gasteiger charge is -2.29. The molecule has 5 nitrogen and oxygen atoms in total. The predicted molar refractivity (Wildman–Crippen MR) is 103 cm³/mol. The smallest absolute Gasteiger partial charge is 0.387 e. The summed E-state index contributed by atoms with van der Waals surface area (Å²) in [7, 11) is 0. The maximum Gasteiger partial charge on any atom is 0.387 e. The van der Waals surface area contributed by atoms with Crippen LogP contribution in [-0.2, 0) is 4.79 Å². The molecule has 0 aromatic heterocycles. The fraction of sp³-hybridized carbons (Fsp3) is 0.364. The van der Waals surface area contributed by atoms with E-state index in [4.69, 9.17) is 0 Å². The molecule has 2 aliphatic heterocycles. The molecule has 0 unspecified atom stereocenters. The molecule has 2 heterocycles. The molecule has 29 heavy (non-hydrogen) atoms. The van der Waals surface area contributed by atoms with Gasteiger partial charge in [-0.05, 0) is 17.7 Å². The highest BCUT2D eigenvalue weighted by Crippen LogP contribution is 2.45. The number of alkyl halides is 2. The van der Waals surface area contributed by atoms with E-state index in [9.17, 15) is 18.4 Å². The first kappa shape index (κ1) is 19.4. The second-order valence-electron chi connectivity index (χ2n) is 7.54. The van der Waals surface area contributed by atoms with Gasteiger partial charge >= 0.3 is 6.61 Å². The Hall–Kier alpha value is -2.96. The van der Waals surface area contributed by atoms with Crippen LogP contribution in [0.2, 0.25) is 0 Å². The lowest BCUT2D eigenvalue weighted by atomic mass is 9.89. The summed E-state index contributed by atoms with van der Waals surface area (Å²) in [5.74, 6) is -0.169. The molecule has 0 saturated carbocycles. The molecular weight excluding hydrogens is 378 g/mol. The molecule has 2 saturated heterocycles. The summed E-state index contributed by atoms with van der Waals surface area (Å²) in [5, 5.41) is 0. The van der Waals surface area contributed by atoms with Crippen LogP contribution in [-0.4, -0.2) is 47.9 Å². The summed E-state index contributed by atoms with van der Waals surface area (Å²) in [6, 6.07) is 15.8. The third kappa shape index (κ3) is 3.69. The maximum atomic E-state index is 13.1. The van der Waals surface area contributed by atoms with Gasteiger partial charge in [-0.15, -0.1) is 0 Å². The van der Waals surface area contributed by atoms with Gasteiger partial charge in [0.15, 0.2) is 0 Å². The molecule has 0 radical (unpaired) electrons. The first-order valence-corrected chi connectivity index (χ1v) is 9.61. The number of fused-ring (bicyclic) bond motifs is 1. The van der Waals surface area contributed by atoms with Gasteiger partial charge in [0, 0.05) is 38.4 Å². The minimum Gasteiger partial charge on any atom is -0.434 e. The van der Waals surface area contributed by atoms with E-state index in [1.54, 1.807) is 24.0 Å². The Labute approximate surface area is 167 Å². The van der Waals surface area contributed by atoms with Gasteiger partial charge in [-0.2, -0.15) is 8.78 Å². The van der Waals surface area contributed by atoms with Gasteiger partial charge < -0.3 is 14.5 Å². The largest absolute Gasteiger partial charge is 0.434 e. The van der Waals surface area contributed by atoms with Crippen LogP contribution in [0.25, 0.3) is 0 Å². The summed E-state index contributed by atoms with van der Waals surface area (Å²) in [6.45, 7) is 0.111. The van der Waals surface area contributed by atoms with Gasteiger partial charge in [-0.3, -0.25) is 9.59 Å². The quantitative estimate of drug-likeness (QED) is 0.788. The number of rotatable bonds is 4. The minimum absolute atomic E-state index is 0.0156. The van der Waals surface area contributed by atoms with E-state index >= 15 is 0 Å². The Balaban J connectivity index is 1.58. The fourth-order valence-electron chi connectivity index (χ4n) is 4.62. The number of nitrogens with zero attached hydrogens (tertiary/aromatic N) is 2. The molecule has 7 heteroatoms. The van der Waals surface area contributed by atoms with Crippen molar-refractivity contribution in [1.82, 2.24) is 9.80 Å². The zero-order valence-corrected chi connectivity index (χ0v) is 16.0. The van der Waals surface area contributed by atoms with Gasteiger partial charge in [0.25, 0.3) is 5.91 Å². The summed E-state index contributed by atoms with van der Waals surface area (Å²) in [6.07, 6.45) is 0. The number of para-hydroxylation sites is 1. The number of amides is 2. The van der Waals surface area contributed by atoms with Crippen LogP contribution in [0.5, 0.6) is 5.75 Å². The van der Waals surface area contributed by atoms with E-state index in [-0.39, 0.29) is 41.0 Å². The van der Waals surface area contributed by atoms with Crippen LogP contribution in [0.15, 0.2) is 54.6 Å². The van der Waals surface area contributed by atoms with E-state index in [1.807, 2.05) is 35.2 Å². The van der Waals surface area contributed by atoms with E-state index < -0.39 is 6.61 Å². The van der Waals surface area contributed by atoms with E-state index in [2.05, 4.69) is 4.74 Å². The fourth-order valence-corrected chi connectivity index (χ4v) is 4.62. The SMILES string of the molecule is CC(=O)N1C[C@H]2CN(C(=O)c3ccccc3OC(F)F)C[C@H]2[C@@H]1c1ccccc1. The van der Waals surface area contributed by atoms with Crippen LogP contribution >= 0.6 is 0 Å². The number of carbonyl (C=O) groups is 2. The van der Waals surface area contributed by atoms with Crippen molar-refractivity contribution in [1.29, 1.82) is 0 Å². The maximum absolute atomic E-state index is 13.1. The molecule has 0 bridgehead atoms. The Morgan fingerprint density at radius 3 is 2.38 bits per heavy atom. The Bertz CT molecular complexity index is 906. The standard InChI is InChI=1S/C22H22F2N2O3/c1-14(27)26-12-16-11-25(13-18(16)20(26)15-7-3-2-4-8-15)21(28)17-9-5-6-10-19(17)29-22(23)24/h2-10,16,18,20,22H,11-13H2,1H3/t16-,18-,20+/m1/s1. The molecule has 2 aromatic carbocycles. The van der Waals surface area contributed by atoms with Crippen LogP contribution in [0.4, 0.5) is 8.78 Å². The zero-order chi connectivity index (χ0) is 20.5. The summed E-state index contributed by atoms with van der Waals surface area (Å²) >= 11 is 0. The van der Waals surface area contributed by atoms with Gasteiger partial charge in [0.05, 0.1) is 11.6 Å². The normalized spacial score (nSPS) is 23.4. The zero-order valence-electron chi connectivity index (χ0n) is 16.0. The van der Waals surface area contributed by atoms with Gasteiger partial charge in [0.1, 0.15) is 5.75 Å². The average molecular weight is 400 g/mol. The van der Waals surface area contributed by atoms with Crippen molar-refractivity contribution in [3.05, 3.63) is 65.7 Å². The van der Waals surface area contributed by atoms with Crippen molar-refractivity contribution < 1.29 is 23.1 Å². The number of likely N-dealkylation sites (tertiary alicyclic amines) is 2. The molecule has 4 rings (SSSR count). The lowest BCUT2D eigenvalue weighted by Crippen LogP contribution is -2.36. The monoisotopic (exact) mass is 400 g/mol. The van der Waals surface area contributed by atoms with E-state index in [0.29, 0.717) is 19.6 Å². The molecule has 2 aliphatic rings. The highest BCUT2D eigenvalue weighted by molar-refractivity contribution is 5.97. The lowest BCUT2D eigenvalue weighted by molar-refractivity contribution is -0.130. The number of halogens is 2. The second kappa shape index (κ2) is 7.81. The molecule has 0 spiro atoms. The van der Waals surface area contributed by atoms with Crippen LogP contribution in [0.3, 0.4) is 0 Å². The van der Waals surface area contributed by atoms with Crippen LogP contribution in [0.1, 0.15) is 28.9 Å². The Kier molecular flexibility index (Phi) is 5.22. The molecule has 152 valence electrons. The highest BCUT2D eigenvalue weighted by atomic mass is 19.3. The van der Waals surface area contributed by atoms with Crippen molar-refractivity contribution in [3.63, 3.8) is 0 Å². The third-order valence-electron chi connectivity index (χ3n) is 5.83. The number of carbonyl (C=O) groups excluding carboxylic acids is 2. The first-order valence-electron chi connectivity index (χ1n) is 9.61. The summed E-state index contributed by atoms with van der Waals surface area (Å²) < 4.78 is 29.9. The van der Waals surface area contributed by atoms with Gasteiger partial charge in [0.2, 0.25) is 5.91 Å². The Morgan fingerprint density at radius 2 is 1.69 bits per heavy atom. The highest BCUT2D eigenvalue weighted by Gasteiger charge is 2.49. The van der Waals surface area contributed by atoms with E-state index in [1.165, 1.54) is 12.1 Å². The predicted octanol–water partition coefficient (Wildman–Crippen LogP) is 3.58. The summed E-state index contributed by atoms with van der Waals surface area (Å²) in [4.78, 5) is 28.8. The number of hydrogen-bond donors (Lipinski definition) is 0. The van der Waals surface area contributed by atoms with Crippen molar-refractivity contribution in [2.75, 3.05) is 19.6 Å². The average Bonchev–Trinajstić information content (AvgIpc) is 3.26. The number of hydrogen-bond acceptors (Lipinski definition) is 3.